The molecule has 1 aromatic carbocycles. The van der Waals surface area contributed by atoms with Crippen LogP contribution >= 0.6 is 23.2 Å². The number of nitrogens with one attached hydrogen (secondary N) is 1. The molecule has 0 aliphatic heterocycles. The van der Waals surface area contributed by atoms with E-state index in [-0.39, 0.29) is 5.02 Å². The summed E-state index contributed by atoms with van der Waals surface area (Å²) in [5, 5.41) is 0.973. The van der Waals surface area contributed by atoms with Crippen molar-refractivity contribution in [1.82, 2.24) is 4.98 Å². The molecule has 1 aromatic heterocycles. The normalized spacial score (nSPS) is 13.2. The van der Waals surface area contributed by atoms with E-state index in [4.69, 9.17) is 23.2 Å². The molecule has 21 heavy (non-hydrogen) atoms. The number of aromatic nitrogens is 1. The zero-order valence-electron chi connectivity index (χ0n) is 10.7. The van der Waals surface area contributed by atoms with Gasteiger partial charge < -0.3 is 4.98 Å². The van der Waals surface area contributed by atoms with Gasteiger partial charge in [-0.2, -0.15) is 13.2 Å². The van der Waals surface area contributed by atoms with Crippen LogP contribution in [-0.2, 0) is 6.18 Å². The van der Waals surface area contributed by atoms with E-state index in [1.165, 1.54) is 24.3 Å². The second-order valence-electron chi connectivity index (χ2n) is 4.27. The quantitative estimate of drug-likeness (QED) is 0.648. The van der Waals surface area contributed by atoms with Crippen LogP contribution in [0.4, 0.5) is 13.2 Å². The fourth-order valence-corrected chi connectivity index (χ4v) is 2.40. The van der Waals surface area contributed by atoms with Gasteiger partial charge in [-0.15, -0.1) is 0 Å². The maximum atomic E-state index is 12.7. The summed E-state index contributed by atoms with van der Waals surface area (Å²) < 4.78 is 38.1. The summed E-state index contributed by atoms with van der Waals surface area (Å²) in [5.41, 5.74) is 0.476. The van der Waals surface area contributed by atoms with Gasteiger partial charge in [-0.05, 0) is 18.2 Å². The van der Waals surface area contributed by atoms with Crippen molar-refractivity contribution in [1.29, 1.82) is 0 Å². The number of allylic oxidation sites excluding steroid dienone is 4. The largest absolute Gasteiger partial charge is 0.431 e. The Morgan fingerprint density at radius 2 is 1.81 bits per heavy atom. The highest BCUT2D eigenvalue weighted by molar-refractivity contribution is 6.37. The highest BCUT2D eigenvalue weighted by Gasteiger charge is 2.32. The van der Waals surface area contributed by atoms with E-state index in [2.05, 4.69) is 18.1 Å². The third-order valence-electron chi connectivity index (χ3n) is 2.94. The Kier molecular flexibility index (Phi) is 4.21. The van der Waals surface area contributed by atoms with Crippen LogP contribution < -0.4 is 0 Å². The number of benzene rings is 1. The summed E-state index contributed by atoms with van der Waals surface area (Å²) in [6, 6.07) is 3.99. The van der Waals surface area contributed by atoms with Crippen molar-refractivity contribution in [3.8, 4) is 0 Å². The molecule has 0 radical (unpaired) electrons. The van der Waals surface area contributed by atoms with Crippen LogP contribution in [0.15, 0.2) is 48.5 Å². The van der Waals surface area contributed by atoms with Crippen molar-refractivity contribution in [2.75, 3.05) is 0 Å². The second-order valence-corrected chi connectivity index (χ2v) is 5.08. The minimum Gasteiger partial charge on any atom is -0.351 e. The predicted molar refractivity (Wildman–Crippen MR) is 81.5 cm³/mol. The van der Waals surface area contributed by atoms with Crippen molar-refractivity contribution >= 4 is 39.7 Å². The Balaban J connectivity index is 2.70. The van der Waals surface area contributed by atoms with Gasteiger partial charge in [0.25, 0.3) is 0 Å². The van der Waals surface area contributed by atoms with Gasteiger partial charge in [0.1, 0.15) is 5.69 Å². The third-order valence-corrected chi connectivity index (χ3v) is 3.62. The van der Waals surface area contributed by atoms with Crippen LogP contribution in [-0.4, -0.2) is 4.98 Å². The summed E-state index contributed by atoms with van der Waals surface area (Å²) in [4.78, 5) is 2.30. The van der Waals surface area contributed by atoms with Crippen molar-refractivity contribution in [3.05, 3.63) is 64.8 Å². The number of hydrogen-bond acceptors (Lipinski definition) is 0. The third kappa shape index (κ3) is 3.01. The molecule has 0 bridgehead atoms. The number of halogens is 5. The molecule has 0 aliphatic rings. The fraction of sp³-hybridized carbons (Fsp3) is 0.0667. The lowest BCUT2D eigenvalue weighted by Crippen LogP contribution is -2.04. The van der Waals surface area contributed by atoms with E-state index in [0.29, 0.717) is 27.1 Å². The van der Waals surface area contributed by atoms with Crippen LogP contribution in [0.5, 0.6) is 0 Å². The predicted octanol–water partition coefficient (Wildman–Crippen LogP) is 6.16. The number of hydrogen-bond donors (Lipinski definition) is 1. The van der Waals surface area contributed by atoms with Gasteiger partial charge in [0.05, 0.1) is 5.02 Å². The van der Waals surface area contributed by atoms with Gasteiger partial charge in [-0.25, -0.2) is 0 Å². The molecule has 0 saturated heterocycles. The summed E-state index contributed by atoms with van der Waals surface area (Å²) in [6.07, 6.45) is -1.55. The molecule has 0 amide bonds. The Hall–Kier alpha value is -1.65. The SMILES string of the molecule is C=C/C(Cl)=C(\C=C)c1cc2cc(C(F)(F)F)[nH]c2cc1Cl. The summed E-state index contributed by atoms with van der Waals surface area (Å²) >= 11 is 12.1. The monoisotopic (exact) mass is 331 g/mol. The Bertz CT molecular complexity index is 754. The highest BCUT2D eigenvalue weighted by Crippen LogP contribution is 2.36. The Labute approximate surface area is 129 Å². The Morgan fingerprint density at radius 1 is 1.14 bits per heavy atom. The summed E-state index contributed by atoms with van der Waals surface area (Å²) in [7, 11) is 0. The lowest BCUT2D eigenvalue weighted by molar-refractivity contribution is -0.140. The molecule has 0 atom stereocenters. The Morgan fingerprint density at radius 3 is 2.33 bits per heavy atom. The molecule has 2 rings (SSSR count). The van der Waals surface area contributed by atoms with Crippen LogP contribution in [0.25, 0.3) is 16.5 Å². The average Bonchev–Trinajstić information content (AvgIpc) is 2.82. The van der Waals surface area contributed by atoms with Gasteiger partial charge >= 0.3 is 6.18 Å². The molecule has 0 saturated carbocycles. The summed E-state index contributed by atoms with van der Waals surface area (Å²) in [5.74, 6) is 0. The maximum Gasteiger partial charge on any atom is 0.431 e. The zero-order chi connectivity index (χ0) is 15.8. The second kappa shape index (κ2) is 5.62. The van der Waals surface area contributed by atoms with Crippen molar-refractivity contribution < 1.29 is 13.2 Å². The minimum absolute atomic E-state index is 0.271. The van der Waals surface area contributed by atoms with E-state index in [1.807, 2.05) is 0 Å². The van der Waals surface area contributed by atoms with Crippen molar-refractivity contribution in [2.45, 2.75) is 6.18 Å². The lowest BCUT2D eigenvalue weighted by atomic mass is 10.0. The zero-order valence-corrected chi connectivity index (χ0v) is 12.2. The topological polar surface area (TPSA) is 15.8 Å². The number of aromatic amines is 1. The molecule has 0 unspecified atom stereocenters. The van der Waals surface area contributed by atoms with E-state index in [1.54, 1.807) is 0 Å². The molecule has 0 aliphatic carbocycles. The van der Waals surface area contributed by atoms with E-state index in [0.717, 1.165) is 6.07 Å². The first-order valence-corrected chi connectivity index (χ1v) is 6.58. The number of fused-ring (bicyclic) bond motifs is 1. The maximum absolute atomic E-state index is 12.7. The molecular weight excluding hydrogens is 322 g/mol. The molecule has 2 aromatic rings. The number of H-pyrrole nitrogens is 1. The molecular formula is C15H10Cl2F3N. The molecule has 1 heterocycles. The standard InChI is InChI=1S/C15H10Cl2F3N/c1-3-9(11(16)4-2)10-5-8-6-14(15(18,19)20)21-13(8)7-12(10)17/h3-7,21H,1-2H2/b11-9-. The molecule has 110 valence electrons. The van der Waals surface area contributed by atoms with Crippen molar-refractivity contribution in [3.63, 3.8) is 0 Å². The highest BCUT2D eigenvalue weighted by atomic mass is 35.5. The van der Waals surface area contributed by atoms with Crippen LogP contribution in [0.2, 0.25) is 5.02 Å². The first-order valence-electron chi connectivity index (χ1n) is 5.82. The smallest absolute Gasteiger partial charge is 0.351 e. The van der Waals surface area contributed by atoms with Gasteiger partial charge in [-0.1, -0.05) is 48.5 Å². The van der Waals surface area contributed by atoms with Crippen LogP contribution in [0.1, 0.15) is 11.3 Å². The van der Waals surface area contributed by atoms with E-state index < -0.39 is 11.9 Å². The van der Waals surface area contributed by atoms with Crippen LogP contribution in [0, 0.1) is 0 Å². The average molecular weight is 332 g/mol. The fourth-order valence-electron chi connectivity index (χ4n) is 1.96. The summed E-state index contributed by atoms with van der Waals surface area (Å²) in [6.45, 7) is 7.18. The first kappa shape index (κ1) is 15.7. The van der Waals surface area contributed by atoms with Gasteiger partial charge in [0, 0.05) is 27.1 Å². The first-order chi connectivity index (χ1) is 9.77. The molecule has 1 N–H and O–H groups in total. The number of rotatable bonds is 3. The van der Waals surface area contributed by atoms with Crippen molar-refractivity contribution in [2.24, 2.45) is 0 Å². The van der Waals surface area contributed by atoms with Gasteiger partial charge in [0.2, 0.25) is 0 Å². The van der Waals surface area contributed by atoms with E-state index in [9.17, 15) is 13.2 Å². The molecule has 0 spiro atoms. The lowest BCUT2D eigenvalue weighted by Gasteiger charge is -2.07. The molecule has 6 heteroatoms. The van der Waals surface area contributed by atoms with Crippen LogP contribution in [0.3, 0.4) is 0 Å². The van der Waals surface area contributed by atoms with E-state index >= 15 is 0 Å². The minimum atomic E-state index is -4.44. The van der Waals surface area contributed by atoms with Gasteiger partial charge in [-0.3, -0.25) is 0 Å². The number of alkyl halides is 3. The molecule has 0 fully saturated rings. The molecule has 1 nitrogen and oxygen atoms in total. The van der Waals surface area contributed by atoms with Gasteiger partial charge in [0.15, 0.2) is 0 Å².